The fourth-order valence-corrected chi connectivity index (χ4v) is 4.58. The summed E-state index contributed by atoms with van der Waals surface area (Å²) < 4.78 is 14.0. The number of likely N-dealkylation sites (tertiary alicyclic amines) is 1. The molecule has 0 spiro atoms. The third kappa shape index (κ3) is 5.65. The highest BCUT2D eigenvalue weighted by atomic mass is 35.5. The van der Waals surface area contributed by atoms with Crippen LogP contribution >= 0.6 is 11.6 Å². The Bertz CT molecular complexity index is 1080. The molecule has 0 aliphatic carbocycles. The van der Waals surface area contributed by atoms with Gasteiger partial charge in [-0.3, -0.25) is 14.4 Å². The van der Waals surface area contributed by atoms with Crippen molar-refractivity contribution >= 4 is 35.4 Å². The first-order valence-electron chi connectivity index (χ1n) is 11.5. The molecule has 2 heterocycles. The van der Waals surface area contributed by atoms with Crippen LogP contribution in [0, 0.1) is 11.7 Å². The number of piperidine rings is 1. The second-order valence-electron chi connectivity index (χ2n) is 8.59. The quantitative estimate of drug-likeness (QED) is 0.623. The number of amides is 3. The molecule has 2 saturated heterocycles. The Morgan fingerprint density at radius 3 is 2.18 bits per heavy atom. The maximum absolute atomic E-state index is 14.0. The lowest BCUT2D eigenvalue weighted by Crippen LogP contribution is -2.53. The van der Waals surface area contributed by atoms with E-state index in [-0.39, 0.29) is 23.3 Å². The van der Waals surface area contributed by atoms with Crippen LogP contribution in [0.4, 0.5) is 4.39 Å². The number of benzene rings is 2. The van der Waals surface area contributed by atoms with Crippen molar-refractivity contribution in [3.63, 3.8) is 0 Å². The number of hydrogen-bond acceptors (Lipinski definition) is 3. The first kappa shape index (κ1) is 24.0. The Morgan fingerprint density at radius 2 is 1.50 bits per heavy atom. The van der Waals surface area contributed by atoms with Gasteiger partial charge >= 0.3 is 0 Å². The number of piperazine rings is 1. The van der Waals surface area contributed by atoms with E-state index < -0.39 is 11.7 Å². The van der Waals surface area contributed by atoms with E-state index in [1.165, 1.54) is 18.2 Å². The largest absolute Gasteiger partial charge is 0.339 e. The predicted molar refractivity (Wildman–Crippen MR) is 129 cm³/mol. The van der Waals surface area contributed by atoms with Crippen LogP contribution in [0.15, 0.2) is 54.6 Å². The summed E-state index contributed by atoms with van der Waals surface area (Å²) in [5.41, 5.74) is 0.919. The van der Waals surface area contributed by atoms with E-state index in [4.69, 9.17) is 11.6 Å². The van der Waals surface area contributed by atoms with Crippen LogP contribution in [0.1, 0.15) is 28.8 Å². The number of nitrogens with zero attached hydrogens (tertiary/aromatic N) is 3. The monoisotopic (exact) mass is 483 g/mol. The molecule has 2 fully saturated rings. The molecule has 4 rings (SSSR count). The summed E-state index contributed by atoms with van der Waals surface area (Å²) in [5, 5.41) is 0.305. The Balaban J connectivity index is 1.25. The number of rotatable bonds is 4. The maximum Gasteiger partial charge on any atom is 0.257 e. The molecule has 0 unspecified atom stereocenters. The smallest absolute Gasteiger partial charge is 0.257 e. The predicted octanol–water partition coefficient (Wildman–Crippen LogP) is 3.72. The SMILES string of the molecule is O=C(/C=C/c1ccccc1)N1CCC(C(=O)N2CCN(C(=O)c3cc(Cl)ccc3F)CC2)CC1. The van der Waals surface area contributed by atoms with E-state index in [0.717, 1.165) is 5.56 Å². The van der Waals surface area contributed by atoms with E-state index in [2.05, 4.69) is 0 Å². The van der Waals surface area contributed by atoms with Gasteiger partial charge in [0, 0.05) is 56.3 Å². The van der Waals surface area contributed by atoms with Gasteiger partial charge in [0.2, 0.25) is 11.8 Å². The molecule has 0 radical (unpaired) electrons. The second kappa shape index (κ2) is 10.8. The summed E-state index contributed by atoms with van der Waals surface area (Å²) >= 11 is 5.91. The lowest BCUT2D eigenvalue weighted by atomic mass is 9.94. The highest BCUT2D eigenvalue weighted by molar-refractivity contribution is 6.31. The number of carbonyl (C=O) groups is 3. The zero-order chi connectivity index (χ0) is 24.1. The average molecular weight is 484 g/mol. The van der Waals surface area contributed by atoms with E-state index in [1.807, 2.05) is 30.3 Å². The molecule has 2 aromatic carbocycles. The normalized spacial score (nSPS) is 17.3. The molecule has 0 aromatic heterocycles. The van der Waals surface area contributed by atoms with Crippen molar-refractivity contribution in [2.75, 3.05) is 39.3 Å². The third-order valence-electron chi connectivity index (χ3n) is 6.41. The second-order valence-corrected chi connectivity index (χ2v) is 9.02. The van der Waals surface area contributed by atoms with E-state index in [9.17, 15) is 18.8 Å². The van der Waals surface area contributed by atoms with Gasteiger partial charge in [-0.25, -0.2) is 4.39 Å². The maximum atomic E-state index is 14.0. The van der Waals surface area contributed by atoms with E-state index >= 15 is 0 Å². The molecule has 2 aliphatic heterocycles. The van der Waals surface area contributed by atoms with Crippen molar-refractivity contribution in [1.29, 1.82) is 0 Å². The van der Waals surface area contributed by atoms with Crippen LogP contribution < -0.4 is 0 Å². The minimum absolute atomic E-state index is 0.0462. The molecule has 0 bridgehead atoms. The van der Waals surface area contributed by atoms with Gasteiger partial charge < -0.3 is 14.7 Å². The van der Waals surface area contributed by atoms with Crippen LogP contribution in [0.3, 0.4) is 0 Å². The van der Waals surface area contributed by atoms with Gasteiger partial charge in [0.15, 0.2) is 0 Å². The Labute approximate surface area is 203 Å². The Kier molecular flexibility index (Phi) is 7.63. The number of carbonyl (C=O) groups excluding carboxylic acids is 3. The molecular weight excluding hydrogens is 457 g/mol. The zero-order valence-electron chi connectivity index (χ0n) is 18.8. The van der Waals surface area contributed by atoms with Crippen molar-refractivity contribution in [2.45, 2.75) is 12.8 Å². The van der Waals surface area contributed by atoms with Crippen molar-refractivity contribution in [3.8, 4) is 0 Å². The van der Waals surface area contributed by atoms with Gasteiger partial charge in [0.05, 0.1) is 5.56 Å². The summed E-state index contributed by atoms with van der Waals surface area (Å²) in [6.07, 6.45) is 4.62. The van der Waals surface area contributed by atoms with Gasteiger partial charge in [0.25, 0.3) is 5.91 Å². The van der Waals surface area contributed by atoms with E-state index in [1.54, 1.807) is 26.9 Å². The van der Waals surface area contributed by atoms with Gasteiger partial charge in [-0.2, -0.15) is 0 Å². The summed E-state index contributed by atoms with van der Waals surface area (Å²) in [6, 6.07) is 13.6. The highest BCUT2D eigenvalue weighted by Crippen LogP contribution is 2.22. The highest BCUT2D eigenvalue weighted by Gasteiger charge is 2.32. The Hall–Kier alpha value is -3.19. The standard InChI is InChI=1S/C26H27ClFN3O3/c27-21-7-8-23(28)22(18-21)26(34)31-16-14-30(15-17-31)25(33)20-10-12-29(13-11-20)24(32)9-6-19-4-2-1-3-5-19/h1-9,18,20H,10-17H2/b9-6+. The fraction of sp³-hybridized carbons (Fsp3) is 0.346. The summed E-state index contributed by atoms with van der Waals surface area (Å²) in [4.78, 5) is 43.3. The molecular formula is C26H27ClFN3O3. The van der Waals surface area contributed by atoms with Crippen LogP contribution in [-0.4, -0.2) is 71.7 Å². The lowest BCUT2D eigenvalue weighted by Gasteiger charge is -2.38. The Morgan fingerprint density at radius 1 is 0.853 bits per heavy atom. The van der Waals surface area contributed by atoms with Crippen molar-refractivity contribution in [1.82, 2.24) is 14.7 Å². The van der Waals surface area contributed by atoms with Crippen molar-refractivity contribution in [3.05, 3.63) is 76.6 Å². The fourth-order valence-electron chi connectivity index (χ4n) is 4.40. The minimum atomic E-state index is -0.604. The molecule has 0 atom stereocenters. The van der Waals surface area contributed by atoms with Crippen molar-refractivity contribution in [2.24, 2.45) is 5.92 Å². The number of hydrogen-bond donors (Lipinski definition) is 0. The lowest BCUT2D eigenvalue weighted by molar-refractivity contribution is -0.140. The van der Waals surface area contributed by atoms with Crippen LogP contribution in [0.2, 0.25) is 5.02 Å². The van der Waals surface area contributed by atoms with Crippen LogP contribution in [0.25, 0.3) is 6.08 Å². The van der Waals surface area contributed by atoms with Gasteiger partial charge in [0.1, 0.15) is 5.82 Å². The van der Waals surface area contributed by atoms with Crippen LogP contribution in [-0.2, 0) is 9.59 Å². The molecule has 8 heteroatoms. The molecule has 6 nitrogen and oxygen atoms in total. The molecule has 178 valence electrons. The topological polar surface area (TPSA) is 60.9 Å². The zero-order valence-corrected chi connectivity index (χ0v) is 19.6. The first-order valence-corrected chi connectivity index (χ1v) is 11.9. The summed E-state index contributed by atoms with van der Waals surface area (Å²) in [5.74, 6) is -1.13. The number of halogens is 2. The van der Waals surface area contributed by atoms with Gasteiger partial charge in [-0.05, 0) is 42.7 Å². The van der Waals surface area contributed by atoms with Crippen molar-refractivity contribution < 1.29 is 18.8 Å². The first-order chi connectivity index (χ1) is 16.4. The summed E-state index contributed by atoms with van der Waals surface area (Å²) in [7, 11) is 0. The van der Waals surface area contributed by atoms with Gasteiger partial charge in [-0.1, -0.05) is 41.9 Å². The molecule has 0 saturated carbocycles. The van der Waals surface area contributed by atoms with Gasteiger partial charge in [-0.15, -0.1) is 0 Å². The summed E-state index contributed by atoms with van der Waals surface area (Å²) in [6.45, 7) is 2.59. The van der Waals surface area contributed by atoms with Crippen LogP contribution in [0.5, 0.6) is 0 Å². The molecule has 2 aromatic rings. The molecule has 34 heavy (non-hydrogen) atoms. The molecule has 0 N–H and O–H groups in total. The van der Waals surface area contributed by atoms with E-state index in [0.29, 0.717) is 57.1 Å². The molecule has 2 aliphatic rings. The minimum Gasteiger partial charge on any atom is -0.339 e. The average Bonchev–Trinajstić information content (AvgIpc) is 2.88. The third-order valence-corrected chi connectivity index (χ3v) is 6.65. The molecule has 3 amide bonds.